The molecule has 2 aromatic rings. The summed E-state index contributed by atoms with van der Waals surface area (Å²) in [7, 11) is 1.52. The molecular weight excluding hydrogens is 371 g/mol. The summed E-state index contributed by atoms with van der Waals surface area (Å²) in [4.78, 5) is 9.10. The first kappa shape index (κ1) is 21.8. The van der Waals surface area contributed by atoms with Crippen LogP contribution in [0.2, 0.25) is 0 Å². The predicted molar refractivity (Wildman–Crippen MR) is 102 cm³/mol. The monoisotopic (exact) mass is 397 g/mol. The minimum atomic E-state index is -4.59. The third-order valence-corrected chi connectivity index (χ3v) is 3.89. The molecule has 5 nitrogen and oxygen atoms in total. The van der Waals surface area contributed by atoms with E-state index in [9.17, 15) is 13.2 Å². The molecule has 8 heteroatoms. The van der Waals surface area contributed by atoms with Gasteiger partial charge >= 0.3 is 12.2 Å². The van der Waals surface area contributed by atoms with E-state index in [1.807, 2.05) is 13.8 Å². The number of benzene rings is 1. The summed E-state index contributed by atoms with van der Waals surface area (Å²) in [5, 5.41) is 0. The van der Waals surface area contributed by atoms with Crippen molar-refractivity contribution in [3.63, 3.8) is 0 Å². The van der Waals surface area contributed by atoms with Crippen LogP contribution in [0.1, 0.15) is 39.2 Å². The first-order chi connectivity index (χ1) is 13.2. The third kappa shape index (κ3) is 6.00. The Morgan fingerprint density at radius 1 is 1.18 bits per heavy atom. The molecule has 0 saturated heterocycles. The Hall–Kier alpha value is -2.51. The Morgan fingerprint density at radius 3 is 2.57 bits per heavy atom. The Kier molecular flexibility index (Phi) is 7.48. The van der Waals surface area contributed by atoms with Gasteiger partial charge in [0.2, 0.25) is 0 Å². The van der Waals surface area contributed by atoms with Gasteiger partial charge in [-0.25, -0.2) is 4.98 Å². The minimum Gasteiger partial charge on any atom is -0.494 e. The normalized spacial score (nSPS) is 11.6. The van der Waals surface area contributed by atoms with Gasteiger partial charge in [-0.1, -0.05) is 33.3 Å². The fraction of sp³-hybridized carbons (Fsp3) is 0.500. The van der Waals surface area contributed by atoms with Crippen LogP contribution in [0, 0.1) is 5.92 Å². The van der Waals surface area contributed by atoms with Crippen LogP contribution in [-0.2, 0) is 6.18 Å². The number of anilines is 2. The summed E-state index contributed by atoms with van der Waals surface area (Å²) in [6, 6.07) is 6.81. The molecule has 1 aromatic carbocycles. The highest BCUT2D eigenvalue weighted by atomic mass is 19.4. The number of unbranched alkanes of at least 4 members (excludes halogenated alkanes) is 1. The summed E-state index contributed by atoms with van der Waals surface area (Å²) < 4.78 is 51.5. The average molecular weight is 397 g/mol. The fourth-order valence-electron chi connectivity index (χ4n) is 2.36. The largest absolute Gasteiger partial charge is 0.494 e. The van der Waals surface area contributed by atoms with Crippen molar-refractivity contribution >= 4 is 11.5 Å². The standard InChI is InChI=1S/C20H26F3N3O2/c1-5-6-10-27-16-9-7-8-15(11-16)26(4)18-17(20(21,22)23)12-24-19(25-18)28-13-14(2)3/h7-9,11-12,14H,5-6,10,13H2,1-4H3. The van der Waals surface area contributed by atoms with Crippen LogP contribution in [0.4, 0.5) is 24.7 Å². The van der Waals surface area contributed by atoms with E-state index < -0.39 is 11.7 Å². The van der Waals surface area contributed by atoms with E-state index in [-0.39, 0.29) is 17.7 Å². The molecule has 2 rings (SSSR count). The summed E-state index contributed by atoms with van der Waals surface area (Å²) in [6.45, 7) is 6.79. The van der Waals surface area contributed by atoms with E-state index in [4.69, 9.17) is 9.47 Å². The Bertz CT molecular complexity index is 767. The molecule has 0 atom stereocenters. The number of nitrogens with zero attached hydrogens (tertiary/aromatic N) is 3. The first-order valence-electron chi connectivity index (χ1n) is 9.26. The van der Waals surface area contributed by atoms with Gasteiger partial charge in [0, 0.05) is 25.0 Å². The molecule has 1 aromatic heterocycles. The van der Waals surface area contributed by atoms with Crippen molar-refractivity contribution in [2.24, 2.45) is 5.92 Å². The van der Waals surface area contributed by atoms with Crippen LogP contribution < -0.4 is 14.4 Å². The lowest BCUT2D eigenvalue weighted by Gasteiger charge is -2.23. The lowest BCUT2D eigenvalue weighted by Crippen LogP contribution is -2.20. The molecule has 0 bridgehead atoms. The minimum absolute atomic E-state index is 0.0844. The zero-order valence-corrected chi connectivity index (χ0v) is 16.6. The summed E-state index contributed by atoms with van der Waals surface area (Å²) in [6.07, 6.45) is -1.93. The number of rotatable bonds is 9. The first-order valence-corrected chi connectivity index (χ1v) is 9.26. The molecule has 1 heterocycles. The average Bonchev–Trinajstić information content (AvgIpc) is 2.65. The molecule has 28 heavy (non-hydrogen) atoms. The van der Waals surface area contributed by atoms with Crippen LogP contribution in [-0.4, -0.2) is 30.2 Å². The van der Waals surface area contributed by atoms with E-state index in [1.54, 1.807) is 24.3 Å². The van der Waals surface area contributed by atoms with E-state index in [1.165, 1.54) is 11.9 Å². The van der Waals surface area contributed by atoms with Crippen molar-refractivity contribution in [2.45, 2.75) is 39.8 Å². The van der Waals surface area contributed by atoms with Crippen molar-refractivity contribution in [2.75, 3.05) is 25.2 Å². The van der Waals surface area contributed by atoms with Crippen molar-refractivity contribution in [1.29, 1.82) is 0 Å². The van der Waals surface area contributed by atoms with Crippen LogP contribution >= 0.6 is 0 Å². The molecule has 0 radical (unpaired) electrons. The van der Waals surface area contributed by atoms with Crippen molar-refractivity contribution in [3.8, 4) is 11.8 Å². The van der Waals surface area contributed by atoms with Gasteiger partial charge in [-0.05, 0) is 24.5 Å². The number of ether oxygens (including phenoxy) is 2. The van der Waals surface area contributed by atoms with E-state index in [0.717, 1.165) is 19.0 Å². The van der Waals surface area contributed by atoms with Gasteiger partial charge in [0.05, 0.1) is 13.2 Å². The third-order valence-electron chi connectivity index (χ3n) is 3.89. The zero-order chi connectivity index (χ0) is 20.7. The number of halogens is 3. The van der Waals surface area contributed by atoms with Crippen LogP contribution in [0.15, 0.2) is 30.5 Å². The van der Waals surface area contributed by atoms with Crippen LogP contribution in [0.25, 0.3) is 0 Å². The number of alkyl halides is 3. The van der Waals surface area contributed by atoms with Gasteiger partial charge < -0.3 is 14.4 Å². The van der Waals surface area contributed by atoms with Gasteiger partial charge in [0.1, 0.15) is 11.3 Å². The van der Waals surface area contributed by atoms with Crippen LogP contribution in [0.3, 0.4) is 0 Å². The lowest BCUT2D eigenvalue weighted by molar-refractivity contribution is -0.137. The molecule has 0 fully saturated rings. The Balaban J connectivity index is 2.35. The zero-order valence-electron chi connectivity index (χ0n) is 16.6. The summed E-state index contributed by atoms with van der Waals surface area (Å²) in [5.74, 6) is 0.521. The highest BCUT2D eigenvalue weighted by molar-refractivity contribution is 5.64. The van der Waals surface area contributed by atoms with Gasteiger partial charge in [-0.15, -0.1) is 0 Å². The second-order valence-electron chi connectivity index (χ2n) is 6.85. The molecule has 0 saturated carbocycles. The van der Waals surface area contributed by atoms with Gasteiger partial charge in [0.25, 0.3) is 0 Å². The maximum absolute atomic E-state index is 13.5. The van der Waals surface area contributed by atoms with Gasteiger partial charge in [0.15, 0.2) is 5.82 Å². The van der Waals surface area contributed by atoms with Crippen molar-refractivity contribution < 1.29 is 22.6 Å². The fourth-order valence-corrected chi connectivity index (χ4v) is 2.36. The maximum atomic E-state index is 13.5. The highest BCUT2D eigenvalue weighted by Gasteiger charge is 2.36. The van der Waals surface area contributed by atoms with Gasteiger partial charge in [-0.3, -0.25) is 0 Å². The number of hydrogen-bond acceptors (Lipinski definition) is 5. The predicted octanol–water partition coefficient (Wildman–Crippen LogP) is 5.48. The number of aromatic nitrogens is 2. The lowest BCUT2D eigenvalue weighted by atomic mass is 10.2. The second-order valence-corrected chi connectivity index (χ2v) is 6.85. The van der Waals surface area contributed by atoms with Gasteiger partial charge in [-0.2, -0.15) is 18.2 Å². The molecule has 0 N–H and O–H groups in total. The molecule has 0 aliphatic carbocycles. The van der Waals surface area contributed by atoms with Crippen molar-refractivity contribution in [1.82, 2.24) is 9.97 Å². The molecular formula is C20H26F3N3O2. The summed E-state index contributed by atoms with van der Waals surface area (Å²) >= 11 is 0. The molecule has 0 aliphatic heterocycles. The van der Waals surface area contributed by atoms with E-state index >= 15 is 0 Å². The Morgan fingerprint density at radius 2 is 1.93 bits per heavy atom. The van der Waals surface area contributed by atoms with Crippen LogP contribution in [0.5, 0.6) is 11.8 Å². The van der Waals surface area contributed by atoms with E-state index in [0.29, 0.717) is 24.7 Å². The molecule has 0 spiro atoms. The SMILES string of the molecule is CCCCOc1cccc(N(C)c2nc(OCC(C)C)ncc2C(F)(F)F)c1. The Labute approximate surface area is 163 Å². The molecule has 0 aliphatic rings. The number of hydrogen-bond donors (Lipinski definition) is 0. The smallest absolute Gasteiger partial charge is 0.421 e. The quantitative estimate of drug-likeness (QED) is 0.525. The maximum Gasteiger partial charge on any atom is 0.421 e. The molecule has 0 amide bonds. The van der Waals surface area contributed by atoms with Crippen molar-refractivity contribution in [3.05, 3.63) is 36.0 Å². The van der Waals surface area contributed by atoms with E-state index in [2.05, 4.69) is 16.9 Å². The highest BCUT2D eigenvalue weighted by Crippen LogP contribution is 2.38. The summed E-state index contributed by atoms with van der Waals surface area (Å²) in [5.41, 5.74) is -0.405. The molecule has 154 valence electrons. The topological polar surface area (TPSA) is 47.5 Å². The molecule has 0 unspecified atom stereocenters. The second kappa shape index (κ2) is 9.61.